The molecule has 8 heteroatoms. The highest BCUT2D eigenvalue weighted by Crippen LogP contribution is 2.25. The molecule has 4 rings (SSSR count). The Kier molecular flexibility index (Phi) is 7.04. The van der Waals surface area contributed by atoms with E-state index in [-0.39, 0.29) is 6.04 Å². The van der Waals surface area contributed by atoms with E-state index in [1.54, 1.807) is 13.2 Å². The lowest BCUT2D eigenvalue weighted by molar-refractivity contribution is 0.618. The van der Waals surface area contributed by atoms with Crippen molar-refractivity contribution in [3.05, 3.63) is 77.5 Å². The van der Waals surface area contributed by atoms with Crippen LogP contribution in [-0.4, -0.2) is 46.7 Å². The van der Waals surface area contributed by atoms with Gasteiger partial charge in [-0.2, -0.15) is 0 Å². The van der Waals surface area contributed by atoms with E-state index in [0.717, 1.165) is 50.1 Å². The average molecular weight is 438 g/mol. The number of benzene rings is 1. The number of aliphatic imine (C=N–C) groups is 1. The summed E-state index contributed by atoms with van der Waals surface area (Å²) in [5.74, 6) is 2.61. The van der Waals surface area contributed by atoms with E-state index in [1.165, 1.54) is 5.56 Å². The van der Waals surface area contributed by atoms with Crippen molar-refractivity contribution in [2.45, 2.75) is 32.0 Å². The topological polar surface area (TPSA) is 70.4 Å². The van der Waals surface area contributed by atoms with E-state index in [1.807, 2.05) is 30.6 Å². The minimum atomic E-state index is 0.280. The number of pyridine rings is 1. The molecular formula is C23H28ClN7. The number of nitrogens with zero attached hydrogens (tertiary/aromatic N) is 5. The second-order valence-electron chi connectivity index (χ2n) is 7.58. The number of guanidine groups is 1. The molecule has 0 saturated carbocycles. The first-order valence-electron chi connectivity index (χ1n) is 10.6. The number of hydrogen-bond donors (Lipinski definition) is 2. The Morgan fingerprint density at radius 3 is 2.84 bits per heavy atom. The molecule has 1 aromatic carbocycles. The van der Waals surface area contributed by atoms with E-state index in [2.05, 4.69) is 59.3 Å². The third-order valence-corrected chi connectivity index (χ3v) is 5.79. The predicted octanol–water partition coefficient (Wildman–Crippen LogP) is 3.12. The minimum absolute atomic E-state index is 0.280. The summed E-state index contributed by atoms with van der Waals surface area (Å²) >= 11 is 6.30. The first kappa shape index (κ1) is 21.2. The van der Waals surface area contributed by atoms with Gasteiger partial charge in [-0.25, -0.2) is 9.97 Å². The fourth-order valence-corrected chi connectivity index (χ4v) is 4.08. The molecule has 2 N–H and O–H groups in total. The highest BCUT2D eigenvalue weighted by atomic mass is 35.5. The molecule has 7 nitrogen and oxygen atoms in total. The third kappa shape index (κ3) is 5.55. The lowest BCUT2D eigenvalue weighted by Crippen LogP contribution is -2.44. The summed E-state index contributed by atoms with van der Waals surface area (Å²) in [6, 6.07) is 14.5. The highest BCUT2D eigenvalue weighted by molar-refractivity contribution is 6.32. The van der Waals surface area contributed by atoms with E-state index in [4.69, 9.17) is 11.6 Å². The van der Waals surface area contributed by atoms with Gasteiger partial charge in [-0.1, -0.05) is 41.9 Å². The summed E-state index contributed by atoms with van der Waals surface area (Å²) in [5.41, 5.74) is 1.33. The van der Waals surface area contributed by atoms with Gasteiger partial charge in [-0.3, -0.25) is 4.99 Å². The van der Waals surface area contributed by atoms with Crippen LogP contribution in [0.25, 0.3) is 0 Å². The second kappa shape index (κ2) is 10.3. The number of nitrogens with one attached hydrogen (secondary N) is 2. The van der Waals surface area contributed by atoms with Gasteiger partial charge in [0.05, 0.1) is 11.6 Å². The molecule has 0 spiro atoms. The van der Waals surface area contributed by atoms with E-state index in [9.17, 15) is 0 Å². The first-order chi connectivity index (χ1) is 15.2. The first-order valence-corrected chi connectivity index (χ1v) is 11.0. The molecule has 31 heavy (non-hydrogen) atoms. The number of aryl methyl sites for hydroxylation is 2. The standard InChI is InChI=1S/C23H28ClN7/c1-25-23(29-19-10-14-31(17-19)22-20(24)8-5-11-27-22)28-16-21-26-12-15-30(21)13-9-18-6-3-2-4-7-18/h2-8,11-12,15,19H,9-10,13-14,16-17H2,1H3,(H2,25,28,29). The molecule has 0 amide bonds. The molecule has 3 heterocycles. The van der Waals surface area contributed by atoms with Crippen LogP contribution in [-0.2, 0) is 19.5 Å². The van der Waals surface area contributed by atoms with Crippen LogP contribution in [0.2, 0.25) is 5.02 Å². The molecule has 0 radical (unpaired) electrons. The molecule has 0 bridgehead atoms. The fraction of sp³-hybridized carbons (Fsp3) is 0.348. The molecule has 1 aliphatic rings. The molecular weight excluding hydrogens is 410 g/mol. The van der Waals surface area contributed by atoms with Gasteiger partial charge in [0.1, 0.15) is 11.6 Å². The van der Waals surface area contributed by atoms with Gasteiger partial charge in [0.15, 0.2) is 5.96 Å². The van der Waals surface area contributed by atoms with Crippen LogP contribution in [0.1, 0.15) is 17.8 Å². The van der Waals surface area contributed by atoms with Crippen molar-refractivity contribution < 1.29 is 0 Å². The molecule has 1 atom stereocenters. The quantitative estimate of drug-likeness (QED) is 0.439. The molecule has 162 valence electrons. The van der Waals surface area contributed by atoms with Crippen molar-refractivity contribution in [2.24, 2.45) is 4.99 Å². The Bertz CT molecular complexity index is 1000. The second-order valence-corrected chi connectivity index (χ2v) is 7.99. The lowest BCUT2D eigenvalue weighted by Gasteiger charge is -2.20. The van der Waals surface area contributed by atoms with Gasteiger partial charge in [-0.15, -0.1) is 0 Å². The van der Waals surface area contributed by atoms with Crippen molar-refractivity contribution >= 4 is 23.4 Å². The van der Waals surface area contributed by atoms with Crippen molar-refractivity contribution in [1.82, 2.24) is 25.2 Å². The lowest BCUT2D eigenvalue weighted by atomic mass is 10.1. The summed E-state index contributed by atoms with van der Waals surface area (Å²) in [4.78, 5) is 15.5. The van der Waals surface area contributed by atoms with E-state index in [0.29, 0.717) is 11.6 Å². The van der Waals surface area contributed by atoms with Crippen LogP contribution in [0.4, 0.5) is 5.82 Å². The number of aromatic nitrogens is 3. The summed E-state index contributed by atoms with van der Waals surface area (Å²) in [6.45, 7) is 3.26. The number of rotatable bonds is 7. The monoisotopic (exact) mass is 437 g/mol. The molecule has 3 aromatic rings. The van der Waals surface area contributed by atoms with Gasteiger partial charge in [0.25, 0.3) is 0 Å². The van der Waals surface area contributed by atoms with Gasteiger partial charge >= 0.3 is 0 Å². The maximum absolute atomic E-state index is 6.30. The summed E-state index contributed by atoms with van der Waals surface area (Å²) in [7, 11) is 1.79. The summed E-state index contributed by atoms with van der Waals surface area (Å²) in [6.07, 6.45) is 7.64. The van der Waals surface area contributed by atoms with E-state index < -0.39 is 0 Å². The smallest absolute Gasteiger partial charge is 0.191 e. The Balaban J connectivity index is 1.28. The molecule has 1 aliphatic heterocycles. The van der Waals surface area contributed by atoms with Crippen LogP contribution in [0, 0.1) is 0 Å². The van der Waals surface area contributed by atoms with Crippen LogP contribution in [0.5, 0.6) is 0 Å². The van der Waals surface area contributed by atoms with Gasteiger partial charge in [-0.05, 0) is 30.5 Å². The van der Waals surface area contributed by atoms with Crippen molar-refractivity contribution in [3.8, 4) is 0 Å². The Hall–Kier alpha value is -3.06. The van der Waals surface area contributed by atoms with Crippen molar-refractivity contribution in [3.63, 3.8) is 0 Å². The summed E-state index contributed by atoms with van der Waals surface area (Å²) in [5, 5.41) is 7.60. The van der Waals surface area contributed by atoms with Crippen molar-refractivity contribution in [2.75, 3.05) is 25.0 Å². The number of halogens is 1. The van der Waals surface area contributed by atoms with Gasteiger partial charge in [0, 0.05) is 51.3 Å². The third-order valence-electron chi connectivity index (χ3n) is 5.49. The van der Waals surface area contributed by atoms with Crippen LogP contribution in [0.15, 0.2) is 66.0 Å². The van der Waals surface area contributed by atoms with Crippen LogP contribution in [0.3, 0.4) is 0 Å². The summed E-state index contributed by atoms with van der Waals surface area (Å²) < 4.78 is 2.19. The molecule has 0 aliphatic carbocycles. The normalized spacial score (nSPS) is 16.5. The van der Waals surface area contributed by atoms with Gasteiger partial charge < -0.3 is 20.1 Å². The maximum Gasteiger partial charge on any atom is 0.191 e. The zero-order valence-corrected chi connectivity index (χ0v) is 18.5. The van der Waals surface area contributed by atoms with Crippen molar-refractivity contribution in [1.29, 1.82) is 0 Å². The molecule has 1 unspecified atom stereocenters. The Labute approximate surface area is 188 Å². The number of imidazole rings is 1. The fourth-order valence-electron chi connectivity index (χ4n) is 3.84. The average Bonchev–Trinajstić information content (AvgIpc) is 3.45. The van der Waals surface area contributed by atoms with Gasteiger partial charge in [0.2, 0.25) is 0 Å². The van der Waals surface area contributed by atoms with Crippen LogP contribution >= 0.6 is 11.6 Å². The number of hydrogen-bond acceptors (Lipinski definition) is 4. The molecule has 1 saturated heterocycles. The zero-order chi connectivity index (χ0) is 21.5. The largest absolute Gasteiger partial charge is 0.353 e. The Morgan fingerprint density at radius 1 is 1.16 bits per heavy atom. The molecule has 1 fully saturated rings. The highest BCUT2D eigenvalue weighted by Gasteiger charge is 2.25. The molecule has 2 aromatic heterocycles. The van der Waals surface area contributed by atoms with E-state index >= 15 is 0 Å². The Morgan fingerprint density at radius 2 is 2.03 bits per heavy atom. The zero-order valence-electron chi connectivity index (χ0n) is 17.7. The maximum atomic E-state index is 6.30. The van der Waals surface area contributed by atoms with Crippen LogP contribution < -0.4 is 15.5 Å². The number of anilines is 1. The predicted molar refractivity (Wildman–Crippen MR) is 126 cm³/mol. The minimum Gasteiger partial charge on any atom is -0.353 e. The SMILES string of the molecule is CN=C(NCc1nccn1CCc1ccccc1)NC1CCN(c2ncccc2Cl)C1.